The van der Waals surface area contributed by atoms with E-state index in [2.05, 4.69) is 16.0 Å². The SMILES string of the molecule is NC(=O)NCCNC(=O)NC(C(=O)O)C1CC1. The molecule has 1 rings (SSSR count). The molecule has 0 aromatic carbocycles. The minimum Gasteiger partial charge on any atom is -0.480 e. The summed E-state index contributed by atoms with van der Waals surface area (Å²) in [5.74, 6) is -1.00. The Morgan fingerprint density at radius 1 is 1.24 bits per heavy atom. The Morgan fingerprint density at radius 3 is 2.29 bits per heavy atom. The van der Waals surface area contributed by atoms with Crippen LogP contribution in [0.2, 0.25) is 0 Å². The number of hydrogen-bond acceptors (Lipinski definition) is 3. The van der Waals surface area contributed by atoms with Gasteiger partial charge in [-0.25, -0.2) is 14.4 Å². The number of carboxylic acids is 1. The Morgan fingerprint density at radius 2 is 1.82 bits per heavy atom. The second-order valence-electron chi connectivity index (χ2n) is 3.84. The van der Waals surface area contributed by atoms with Gasteiger partial charge in [0.1, 0.15) is 6.04 Å². The minimum atomic E-state index is -1.03. The minimum absolute atomic E-state index is 0.0296. The predicted octanol–water partition coefficient (Wildman–Crippen LogP) is -1.18. The Bertz CT molecular complexity index is 316. The molecule has 0 spiro atoms. The van der Waals surface area contributed by atoms with Gasteiger partial charge in [0.05, 0.1) is 0 Å². The average Bonchev–Trinajstić information content (AvgIpc) is 3.04. The van der Waals surface area contributed by atoms with Crippen molar-refractivity contribution >= 4 is 18.0 Å². The fourth-order valence-corrected chi connectivity index (χ4v) is 1.36. The summed E-state index contributed by atoms with van der Waals surface area (Å²) in [6, 6.07) is -2.07. The first-order chi connectivity index (χ1) is 8.00. The number of nitrogens with two attached hydrogens (primary N) is 1. The van der Waals surface area contributed by atoms with Crippen molar-refractivity contribution in [2.75, 3.05) is 13.1 Å². The van der Waals surface area contributed by atoms with E-state index >= 15 is 0 Å². The smallest absolute Gasteiger partial charge is 0.326 e. The van der Waals surface area contributed by atoms with E-state index in [1.807, 2.05) is 0 Å². The van der Waals surface area contributed by atoms with Crippen LogP contribution in [0.4, 0.5) is 9.59 Å². The van der Waals surface area contributed by atoms with Crippen LogP contribution >= 0.6 is 0 Å². The lowest BCUT2D eigenvalue weighted by Crippen LogP contribution is -2.48. The lowest BCUT2D eigenvalue weighted by Gasteiger charge is -2.14. The number of hydrogen-bond donors (Lipinski definition) is 5. The summed E-state index contributed by atoms with van der Waals surface area (Å²) in [5.41, 5.74) is 4.82. The van der Waals surface area contributed by atoms with Crippen molar-refractivity contribution in [1.82, 2.24) is 16.0 Å². The molecule has 1 fully saturated rings. The van der Waals surface area contributed by atoms with E-state index in [0.717, 1.165) is 12.8 Å². The Labute approximate surface area is 97.9 Å². The van der Waals surface area contributed by atoms with Crippen molar-refractivity contribution in [3.63, 3.8) is 0 Å². The number of nitrogens with one attached hydrogen (secondary N) is 3. The number of aliphatic carboxylic acids is 1. The van der Waals surface area contributed by atoms with E-state index in [-0.39, 0.29) is 19.0 Å². The molecule has 0 heterocycles. The topological polar surface area (TPSA) is 134 Å². The molecule has 0 saturated heterocycles. The molecule has 1 unspecified atom stereocenters. The summed E-state index contributed by atoms with van der Waals surface area (Å²) in [6.45, 7) is 0.385. The third-order valence-electron chi connectivity index (χ3n) is 2.36. The molecular weight excluding hydrogens is 228 g/mol. The third kappa shape index (κ3) is 5.05. The van der Waals surface area contributed by atoms with E-state index in [1.54, 1.807) is 0 Å². The van der Waals surface area contributed by atoms with Crippen LogP contribution in [0.1, 0.15) is 12.8 Å². The van der Waals surface area contributed by atoms with Gasteiger partial charge in [0.25, 0.3) is 0 Å². The first-order valence-electron chi connectivity index (χ1n) is 5.31. The molecule has 0 radical (unpaired) electrons. The molecule has 8 nitrogen and oxygen atoms in total. The van der Waals surface area contributed by atoms with Crippen LogP contribution in [-0.4, -0.2) is 42.3 Å². The second kappa shape index (κ2) is 5.92. The maximum atomic E-state index is 11.3. The monoisotopic (exact) mass is 244 g/mol. The molecule has 0 aliphatic heterocycles. The molecule has 4 amide bonds. The van der Waals surface area contributed by atoms with Gasteiger partial charge in [-0.15, -0.1) is 0 Å². The zero-order chi connectivity index (χ0) is 12.8. The van der Waals surface area contributed by atoms with Crippen molar-refractivity contribution in [2.24, 2.45) is 11.7 Å². The maximum Gasteiger partial charge on any atom is 0.326 e. The number of rotatable bonds is 6. The lowest BCUT2D eigenvalue weighted by molar-refractivity contribution is -0.139. The van der Waals surface area contributed by atoms with Crippen LogP contribution < -0.4 is 21.7 Å². The number of amides is 4. The second-order valence-corrected chi connectivity index (χ2v) is 3.84. The fraction of sp³-hybridized carbons (Fsp3) is 0.667. The van der Waals surface area contributed by atoms with Crippen LogP contribution in [0, 0.1) is 5.92 Å². The highest BCUT2D eigenvalue weighted by molar-refractivity contribution is 5.83. The van der Waals surface area contributed by atoms with Crippen molar-refractivity contribution in [2.45, 2.75) is 18.9 Å². The van der Waals surface area contributed by atoms with Crippen LogP contribution in [-0.2, 0) is 4.79 Å². The molecule has 8 heteroatoms. The molecule has 96 valence electrons. The van der Waals surface area contributed by atoms with E-state index in [4.69, 9.17) is 10.8 Å². The number of primary amides is 1. The third-order valence-corrected chi connectivity index (χ3v) is 2.36. The molecule has 0 aromatic rings. The van der Waals surface area contributed by atoms with Crippen LogP contribution in [0.5, 0.6) is 0 Å². The fourth-order valence-electron chi connectivity index (χ4n) is 1.36. The standard InChI is InChI=1S/C9H16N4O4/c10-8(16)11-3-4-12-9(17)13-6(7(14)15)5-1-2-5/h5-6H,1-4H2,(H,14,15)(H3,10,11,16)(H2,12,13,17). The number of carbonyl (C=O) groups is 3. The molecule has 1 saturated carbocycles. The van der Waals surface area contributed by atoms with Crippen molar-refractivity contribution in [1.29, 1.82) is 0 Å². The van der Waals surface area contributed by atoms with Crippen LogP contribution in [0.3, 0.4) is 0 Å². The maximum absolute atomic E-state index is 11.3. The lowest BCUT2D eigenvalue weighted by atomic mass is 10.2. The quantitative estimate of drug-likeness (QED) is 0.376. The Balaban J connectivity index is 2.18. The molecule has 17 heavy (non-hydrogen) atoms. The molecule has 1 aliphatic rings. The van der Waals surface area contributed by atoms with E-state index < -0.39 is 24.1 Å². The first kappa shape index (κ1) is 13.1. The molecule has 0 aromatic heterocycles. The van der Waals surface area contributed by atoms with Gasteiger partial charge in [-0.05, 0) is 18.8 Å². The summed E-state index contributed by atoms with van der Waals surface area (Å²) < 4.78 is 0. The van der Waals surface area contributed by atoms with Gasteiger partial charge in [0.2, 0.25) is 0 Å². The van der Waals surface area contributed by atoms with Crippen LogP contribution in [0.15, 0.2) is 0 Å². The van der Waals surface area contributed by atoms with Gasteiger partial charge in [0.15, 0.2) is 0 Å². The zero-order valence-corrected chi connectivity index (χ0v) is 9.23. The summed E-state index contributed by atoms with van der Waals surface area (Å²) >= 11 is 0. The molecule has 1 aliphatic carbocycles. The van der Waals surface area contributed by atoms with Gasteiger partial charge in [0, 0.05) is 13.1 Å². The summed E-state index contributed by atoms with van der Waals surface area (Å²) in [7, 11) is 0. The highest BCUT2D eigenvalue weighted by Gasteiger charge is 2.37. The predicted molar refractivity (Wildman–Crippen MR) is 58.3 cm³/mol. The highest BCUT2D eigenvalue weighted by Crippen LogP contribution is 2.32. The zero-order valence-electron chi connectivity index (χ0n) is 9.23. The van der Waals surface area contributed by atoms with Gasteiger partial charge in [-0.2, -0.15) is 0 Å². The summed E-state index contributed by atoms with van der Waals surface area (Å²) in [6.07, 6.45) is 1.64. The Hall–Kier alpha value is -1.99. The number of carbonyl (C=O) groups excluding carboxylic acids is 2. The van der Waals surface area contributed by atoms with Crippen LogP contribution in [0.25, 0.3) is 0 Å². The van der Waals surface area contributed by atoms with E-state index in [1.165, 1.54) is 0 Å². The molecule has 1 atom stereocenters. The number of carboxylic acid groups (broad SMARTS) is 1. The molecule has 6 N–H and O–H groups in total. The average molecular weight is 244 g/mol. The highest BCUT2D eigenvalue weighted by atomic mass is 16.4. The summed E-state index contributed by atoms with van der Waals surface area (Å²) in [4.78, 5) is 32.4. The normalized spacial score (nSPS) is 15.8. The van der Waals surface area contributed by atoms with Crippen molar-refractivity contribution in [3.8, 4) is 0 Å². The van der Waals surface area contributed by atoms with Crippen molar-refractivity contribution in [3.05, 3.63) is 0 Å². The van der Waals surface area contributed by atoms with Gasteiger partial charge in [-0.1, -0.05) is 0 Å². The van der Waals surface area contributed by atoms with E-state index in [9.17, 15) is 14.4 Å². The molecular formula is C9H16N4O4. The number of urea groups is 2. The largest absolute Gasteiger partial charge is 0.480 e. The van der Waals surface area contributed by atoms with Crippen molar-refractivity contribution < 1.29 is 19.5 Å². The Kier molecular flexibility index (Phi) is 4.56. The van der Waals surface area contributed by atoms with Gasteiger partial charge < -0.3 is 26.8 Å². The van der Waals surface area contributed by atoms with Gasteiger partial charge in [-0.3, -0.25) is 0 Å². The molecule has 0 bridgehead atoms. The first-order valence-corrected chi connectivity index (χ1v) is 5.31. The summed E-state index contributed by atoms with van der Waals surface area (Å²) in [5, 5.41) is 15.9. The van der Waals surface area contributed by atoms with Gasteiger partial charge >= 0.3 is 18.0 Å². The van der Waals surface area contributed by atoms with E-state index in [0.29, 0.717) is 0 Å².